The minimum atomic E-state index is -0.532. The van der Waals surface area contributed by atoms with Crippen molar-refractivity contribution in [3.63, 3.8) is 0 Å². The Balaban J connectivity index is 2.04. The molecule has 4 heteroatoms. The molecule has 0 spiro atoms. The molecule has 1 N–H and O–H groups in total. The number of aliphatic hydroxyl groups is 1. The maximum absolute atomic E-state index is 9.45. The maximum atomic E-state index is 9.45. The van der Waals surface area contributed by atoms with E-state index < -0.39 is 6.10 Å². The highest BCUT2D eigenvalue weighted by Gasteiger charge is 2.06. The van der Waals surface area contributed by atoms with Crippen LogP contribution in [-0.2, 0) is 6.54 Å². The zero-order valence-electron chi connectivity index (χ0n) is 12.1. The molecule has 0 aliphatic carbocycles. The van der Waals surface area contributed by atoms with Gasteiger partial charge in [0, 0.05) is 13.6 Å². The molecule has 0 aliphatic heterocycles. The molecule has 4 nitrogen and oxygen atoms in total. The van der Waals surface area contributed by atoms with E-state index in [2.05, 4.69) is 9.88 Å². The maximum Gasteiger partial charge on any atom is 0.118 e. The molecule has 1 heterocycles. The molecular weight excluding hydrogens is 252 g/mol. The summed E-state index contributed by atoms with van der Waals surface area (Å²) in [6.07, 6.45) is 1.25. The molecule has 0 saturated heterocycles. The minimum Gasteiger partial charge on any atom is -0.497 e. The average molecular weight is 272 g/mol. The Morgan fingerprint density at radius 2 is 1.90 bits per heavy atom. The second-order valence-electron chi connectivity index (χ2n) is 4.82. The van der Waals surface area contributed by atoms with E-state index in [4.69, 9.17) is 4.74 Å². The highest BCUT2D eigenvalue weighted by molar-refractivity contribution is 5.45. The largest absolute Gasteiger partial charge is 0.497 e. The smallest absolute Gasteiger partial charge is 0.118 e. The zero-order chi connectivity index (χ0) is 14.5. The molecule has 0 bridgehead atoms. The lowest BCUT2D eigenvalue weighted by atomic mass is 10.2. The predicted molar refractivity (Wildman–Crippen MR) is 80.0 cm³/mol. The molecule has 1 aromatic heterocycles. The van der Waals surface area contributed by atoms with Crippen molar-refractivity contribution >= 4 is 5.69 Å². The van der Waals surface area contributed by atoms with Crippen LogP contribution in [0.1, 0.15) is 24.3 Å². The summed E-state index contributed by atoms with van der Waals surface area (Å²) >= 11 is 0. The Bertz CT molecular complexity index is 535. The summed E-state index contributed by atoms with van der Waals surface area (Å²) in [5.41, 5.74) is 2.91. The van der Waals surface area contributed by atoms with Gasteiger partial charge in [-0.2, -0.15) is 0 Å². The highest BCUT2D eigenvalue weighted by Crippen LogP contribution is 2.18. The van der Waals surface area contributed by atoms with E-state index in [1.165, 1.54) is 5.56 Å². The van der Waals surface area contributed by atoms with Gasteiger partial charge in [0.05, 0.1) is 30.8 Å². The third-order valence-corrected chi connectivity index (χ3v) is 3.22. The van der Waals surface area contributed by atoms with Crippen molar-refractivity contribution in [3.8, 4) is 5.75 Å². The van der Waals surface area contributed by atoms with Crippen LogP contribution in [-0.4, -0.2) is 24.2 Å². The fourth-order valence-electron chi connectivity index (χ4n) is 1.97. The summed E-state index contributed by atoms with van der Waals surface area (Å²) in [5.74, 6) is 0.861. The first-order chi connectivity index (χ1) is 9.60. The predicted octanol–water partition coefficient (Wildman–Crippen LogP) is 2.78. The van der Waals surface area contributed by atoms with E-state index in [9.17, 15) is 5.11 Å². The van der Waals surface area contributed by atoms with Gasteiger partial charge in [-0.25, -0.2) is 0 Å². The van der Waals surface area contributed by atoms with Gasteiger partial charge < -0.3 is 14.7 Å². The molecule has 2 aromatic rings. The summed E-state index contributed by atoms with van der Waals surface area (Å²) in [4.78, 5) is 6.37. The number of methoxy groups -OCH3 is 1. The topological polar surface area (TPSA) is 45.6 Å². The SMILES string of the molecule is COc1ccc(CN(C)c2ccc([C@@H](C)O)nc2)cc1. The van der Waals surface area contributed by atoms with Crippen molar-refractivity contribution in [2.45, 2.75) is 19.6 Å². The second kappa shape index (κ2) is 6.39. The fourth-order valence-corrected chi connectivity index (χ4v) is 1.97. The van der Waals surface area contributed by atoms with Gasteiger partial charge in [0.1, 0.15) is 5.75 Å². The van der Waals surface area contributed by atoms with Crippen LogP contribution in [0.25, 0.3) is 0 Å². The number of anilines is 1. The van der Waals surface area contributed by atoms with Crippen molar-refractivity contribution in [1.82, 2.24) is 4.98 Å². The van der Waals surface area contributed by atoms with Crippen LogP contribution in [0.4, 0.5) is 5.69 Å². The van der Waals surface area contributed by atoms with Crippen LogP contribution < -0.4 is 9.64 Å². The van der Waals surface area contributed by atoms with Crippen molar-refractivity contribution in [2.24, 2.45) is 0 Å². The first-order valence-electron chi connectivity index (χ1n) is 6.58. The number of hydrogen-bond acceptors (Lipinski definition) is 4. The molecule has 0 aliphatic rings. The second-order valence-corrected chi connectivity index (χ2v) is 4.82. The van der Waals surface area contributed by atoms with Crippen LogP contribution in [0, 0.1) is 0 Å². The molecule has 1 aromatic carbocycles. The van der Waals surface area contributed by atoms with Gasteiger partial charge in [0.2, 0.25) is 0 Å². The normalized spacial score (nSPS) is 12.0. The number of pyridine rings is 1. The standard InChI is InChI=1S/C16H20N2O2/c1-12(19)16-9-6-14(10-17-16)18(2)11-13-4-7-15(20-3)8-5-13/h4-10,12,19H,11H2,1-3H3/t12-/m1/s1. The monoisotopic (exact) mass is 272 g/mol. The van der Waals surface area contributed by atoms with E-state index in [-0.39, 0.29) is 0 Å². The Morgan fingerprint density at radius 1 is 1.20 bits per heavy atom. The minimum absolute atomic E-state index is 0.532. The number of ether oxygens (including phenoxy) is 1. The van der Waals surface area contributed by atoms with Crippen molar-refractivity contribution in [3.05, 3.63) is 53.9 Å². The first-order valence-corrected chi connectivity index (χ1v) is 6.58. The van der Waals surface area contributed by atoms with E-state index in [1.54, 1.807) is 20.2 Å². The van der Waals surface area contributed by atoms with Crippen LogP contribution >= 0.6 is 0 Å². The molecule has 1 atom stereocenters. The Kier molecular flexibility index (Phi) is 4.58. The van der Waals surface area contributed by atoms with Crippen molar-refractivity contribution in [1.29, 1.82) is 0 Å². The quantitative estimate of drug-likeness (QED) is 0.909. The van der Waals surface area contributed by atoms with Gasteiger partial charge in [0.25, 0.3) is 0 Å². The molecule has 0 saturated carbocycles. The van der Waals surface area contributed by atoms with Crippen LogP contribution in [0.15, 0.2) is 42.6 Å². The molecule has 0 amide bonds. The van der Waals surface area contributed by atoms with Crippen molar-refractivity contribution in [2.75, 3.05) is 19.1 Å². The van der Waals surface area contributed by atoms with E-state index in [0.717, 1.165) is 18.0 Å². The summed E-state index contributed by atoms with van der Waals surface area (Å²) < 4.78 is 5.15. The third kappa shape index (κ3) is 3.48. The van der Waals surface area contributed by atoms with Gasteiger partial charge in [0.15, 0.2) is 0 Å². The lowest BCUT2D eigenvalue weighted by Gasteiger charge is -2.19. The van der Waals surface area contributed by atoms with Gasteiger partial charge in [-0.05, 0) is 36.8 Å². The Morgan fingerprint density at radius 3 is 2.40 bits per heavy atom. The van der Waals surface area contributed by atoms with Gasteiger partial charge in [-0.3, -0.25) is 4.98 Å². The summed E-state index contributed by atoms with van der Waals surface area (Å²) in [5, 5.41) is 9.45. The fraction of sp³-hybridized carbons (Fsp3) is 0.312. The number of aliphatic hydroxyl groups excluding tert-OH is 1. The van der Waals surface area contributed by atoms with E-state index in [1.807, 2.05) is 43.4 Å². The molecule has 2 rings (SSSR count). The Labute approximate surface area is 119 Å². The van der Waals surface area contributed by atoms with Crippen LogP contribution in [0.3, 0.4) is 0 Å². The highest BCUT2D eigenvalue weighted by atomic mass is 16.5. The lowest BCUT2D eigenvalue weighted by Crippen LogP contribution is -2.16. The molecule has 20 heavy (non-hydrogen) atoms. The molecule has 0 unspecified atom stereocenters. The van der Waals surface area contributed by atoms with Crippen LogP contribution in [0.5, 0.6) is 5.75 Å². The number of aromatic nitrogens is 1. The Hall–Kier alpha value is -2.07. The average Bonchev–Trinajstić information content (AvgIpc) is 2.48. The first kappa shape index (κ1) is 14.3. The van der Waals surface area contributed by atoms with E-state index >= 15 is 0 Å². The summed E-state index contributed by atoms with van der Waals surface area (Å²) in [7, 11) is 3.68. The number of benzene rings is 1. The molecular formula is C16H20N2O2. The zero-order valence-corrected chi connectivity index (χ0v) is 12.1. The summed E-state index contributed by atoms with van der Waals surface area (Å²) in [6, 6.07) is 11.8. The number of hydrogen-bond donors (Lipinski definition) is 1. The van der Waals surface area contributed by atoms with Crippen LogP contribution in [0.2, 0.25) is 0 Å². The number of rotatable bonds is 5. The van der Waals surface area contributed by atoms with Gasteiger partial charge in [-0.1, -0.05) is 12.1 Å². The van der Waals surface area contributed by atoms with Gasteiger partial charge in [-0.15, -0.1) is 0 Å². The van der Waals surface area contributed by atoms with Crippen molar-refractivity contribution < 1.29 is 9.84 Å². The number of nitrogens with zero attached hydrogens (tertiary/aromatic N) is 2. The molecule has 0 radical (unpaired) electrons. The molecule has 106 valence electrons. The third-order valence-electron chi connectivity index (χ3n) is 3.22. The summed E-state index contributed by atoms with van der Waals surface area (Å²) in [6.45, 7) is 2.50. The molecule has 0 fully saturated rings. The van der Waals surface area contributed by atoms with Gasteiger partial charge >= 0.3 is 0 Å². The van der Waals surface area contributed by atoms with E-state index in [0.29, 0.717) is 5.69 Å². The lowest BCUT2D eigenvalue weighted by molar-refractivity contribution is 0.194.